The van der Waals surface area contributed by atoms with Gasteiger partial charge in [0.2, 0.25) is 0 Å². The summed E-state index contributed by atoms with van der Waals surface area (Å²) in [5.74, 6) is 0. The zero-order valence-electron chi connectivity index (χ0n) is 9.02. The lowest BCUT2D eigenvalue weighted by molar-refractivity contribution is -0.0364. The summed E-state index contributed by atoms with van der Waals surface area (Å²) in [6.45, 7) is 5.66. The van der Waals surface area contributed by atoms with E-state index in [1.807, 2.05) is 16.7 Å². The standard InChI is InChI=1S/C10H16N4O/c1-2-15-10-7-13(5-3-11)9-14(8-10)6-4-12/h10H,2,5-9H2,1H3. The number of nitrogens with zero attached hydrogens (tertiary/aromatic N) is 4. The van der Waals surface area contributed by atoms with Crippen LogP contribution >= 0.6 is 0 Å². The lowest BCUT2D eigenvalue weighted by Crippen LogP contribution is -2.53. The molecule has 0 aliphatic carbocycles. The molecule has 0 amide bonds. The third kappa shape index (κ3) is 3.85. The van der Waals surface area contributed by atoms with Crippen LogP contribution in [0.2, 0.25) is 0 Å². The molecule has 1 aliphatic rings. The van der Waals surface area contributed by atoms with Crippen LogP contribution in [-0.4, -0.2) is 55.4 Å². The summed E-state index contributed by atoms with van der Waals surface area (Å²) in [5, 5.41) is 17.3. The van der Waals surface area contributed by atoms with Gasteiger partial charge >= 0.3 is 0 Å². The van der Waals surface area contributed by atoms with Crippen molar-refractivity contribution < 1.29 is 4.74 Å². The van der Waals surface area contributed by atoms with Crippen LogP contribution in [0.4, 0.5) is 0 Å². The largest absolute Gasteiger partial charge is 0.376 e. The van der Waals surface area contributed by atoms with Gasteiger partial charge in [-0.3, -0.25) is 9.80 Å². The van der Waals surface area contributed by atoms with Gasteiger partial charge in [0, 0.05) is 19.7 Å². The van der Waals surface area contributed by atoms with Gasteiger partial charge in [-0.2, -0.15) is 10.5 Å². The monoisotopic (exact) mass is 208 g/mol. The van der Waals surface area contributed by atoms with Gasteiger partial charge in [0.25, 0.3) is 0 Å². The Morgan fingerprint density at radius 2 is 1.73 bits per heavy atom. The SMILES string of the molecule is CCOC1CN(CC#N)CN(CC#N)C1. The highest BCUT2D eigenvalue weighted by atomic mass is 16.5. The Labute approximate surface area is 90.4 Å². The molecule has 0 aromatic heterocycles. The maximum absolute atomic E-state index is 8.63. The molecule has 1 saturated heterocycles. The van der Waals surface area contributed by atoms with Crippen LogP contribution in [0.25, 0.3) is 0 Å². The van der Waals surface area contributed by atoms with E-state index in [-0.39, 0.29) is 6.10 Å². The summed E-state index contributed by atoms with van der Waals surface area (Å²) in [7, 11) is 0. The summed E-state index contributed by atoms with van der Waals surface area (Å²) >= 11 is 0. The molecule has 1 heterocycles. The van der Waals surface area contributed by atoms with E-state index in [0.29, 0.717) is 26.4 Å². The van der Waals surface area contributed by atoms with Crippen molar-refractivity contribution in [3.63, 3.8) is 0 Å². The fourth-order valence-corrected chi connectivity index (χ4v) is 1.80. The number of nitriles is 2. The molecule has 0 atom stereocenters. The first-order valence-corrected chi connectivity index (χ1v) is 5.10. The highest BCUT2D eigenvalue weighted by Gasteiger charge is 2.24. The van der Waals surface area contributed by atoms with Gasteiger partial charge in [0.1, 0.15) is 0 Å². The molecule has 0 bridgehead atoms. The van der Waals surface area contributed by atoms with Crippen LogP contribution in [-0.2, 0) is 4.74 Å². The average molecular weight is 208 g/mol. The predicted molar refractivity (Wildman–Crippen MR) is 54.7 cm³/mol. The molecular weight excluding hydrogens is 192 g/mol. The van der Waals surface area contributed by atoms with Gasteiger partial charge in [-0.15, -0.1) is 0 Å². The molecule has 1 aliphatic heterocycles. The molecule has 0 radical (unpaired) electrons. The Hall–Kier alpha value is -1.14. The second-order valence-corrected chi connectivity index (χ2v) is 3.56. The minimum absolute atomic E-state index is 0.116. The Morgan fingerprint density at radius 1 is 1.20 bits per heavy atom. The number of rotatable bonds is 4. The van der Waals surface area contributed by atoms with Crippen LogP contribution < -0.4 is 0 Å². The summed E-state index contributed by atoms with van der Waals surface area (Å²) in [5.41, 5.74) is 0. The molecule has 0 saturated carbocycles. The van der Waals surface area contributed by atoms with E-state index in [9.17, 15) is 0 Å². The molecular formula is C10H16N4O. The molecule has 0 aromatic carbocycles. The number of hydrogen-bond acceptors (Lipinski definition) is 5. The van der Waals surface area contributed by atoms with Crippen LogP contribution in [0.3, 0.4) is 0 Å². The van der Waals surface area contributed by atoms with E-state index in [4.69, 9.17) is 15.3 Å². The summed E-state index contributed by atoms with van der Waals surface area (Å²) < 4.78 is 5.53. The average Bonchev–Trinajstić information content (AvgIpc) is 2.19. The fourth-order valence-electron chi connectivity index (χ4n) is 1.80. The summed E-state index contributed by atoms with van der Waals surface area (Å²) in [6.07, 6.45) is 0.116. The van der Waals surface area contributed by atoms with Gasteiger partial charge in [-0.25, -0.2) is 0 Å². The molecule has 0 N–H and O–H groups in total. The zero-order chi connectivity index (χ0) is 11.1. The van der Waals surface area contributed by atoms with Crippen molar-refractivity contribution in [1.82, 2.24) is 9.80 Å². The molecule has 0 unspecified atom stereocenters. The van der Waals surface area contributed by atoms with Crippen molar-refractivity contribution in [2.75, 3.05) is 39.5 Å². The topological polar surface area (TPSA) is 63.3 Å². The van der Waals surface area contributed by atoms with Gasteiger partial charge < -0.3 is 4.74 Å². The second-order valence-electron chi connectivity index (χ2n) is 3.56. The lowest BCUT2D eigenvalue weighted by Gasteiger charge is -2.37. The molecule has 1 fully saturated rings. The molecule has 1 rings (SSSR count). The fraction of sp³-hybridized carbons (Fsp3) is 0.800. The van der Waals surface area contributed by atoms with Crippen LogP contribution in [0, 0.1) is 22.7 Å². The van der Waals surface area contributed by atoms with E-state index < -0.39 is 0 Å². The lowest BCUT2D eigenvalue weighted by atomic mass is 10.2. The highest BCUT2D eigenvalue weighted by Crippen LogP contribution is 2.08. The Kier molecular flexibility index (Phi) is 5.06. The zero-order valence-corrected chi connectivity index (χ0v) is 9.02. The first-order valence-electron chi connectivity index (χ1n) is 5.10. The van der Waals surface area contributed by atoms with Gasteiger partial charge in [-0.05, 0) is 6.92 Å². The van der Waals surface area contributed by atoms with Crippen LogP contribution in [0.5, 0.6) is 0 Å². The van der Waals surface area contributed by atoms with Crippen molar-refractivity contribution in [1.29, 1.82) is 10.5 Å². The molecule has 82 valence electrons. The normalized spacial score (nSPS) is 19.7. The Morgan fingerprint density at radius 3 is 2.13 bits per heavy atom. The maximum atomic E-state index is 8.63. The number of hydrogen-bond donors (Lipinski definition) is 0. The van der Waals surface area contributed by atoms with Crippen molar-refractivity contribution in [2.24, 2.45) is 0 Å². The predicted octanol–water partition coefficient (Wildman–Crippen LogP) is 0.0138. The van der Waals surface area contributed by atoms with Crippen molar-refractivity contribution in [2.45, 2.75) is 13.0 Å². The van der Waals surface area contributed by atoms with Gasteiger partial charge in [-0.1, -0.05) is 0 Å². The minimum atomic E-state index is 0.116. The van der Waals surface area contributed by atoms with E-state index >= 15 is 0 Å². The minimum Gasteiger partial charge on any atom is -0.376 e. The van der Waals surface area contributed by atoms with Crippen molar-refractivity contribution >= 4 is 0 Å². The van der Waals surface area contributed by atoms with E-state index in [1.165, 1.54) is 0 Å². The van der Waals surface area contributed by atoms with E-state index in [2.05, 4.69) is 12.1 Å². The second kappa shape index (κ2) is 6.36. The first-order chi connectivity index (χ1) is 7.30. The highest BCUT2D eigenvalue weighted by molar-refractivity contribution is 4.86. The van der Waals surface area contributed by atoms with E-state index in [0.717, 1.165) is 13.1 Å². The summed E-state index contributed by atoms with van der Waals surface area (Å²) in [4.78, 5) is 4.00. The Bertz CT molecular complexity index is 244. The molecule has 5 heteroatoms. The van der Waals surface area contributed by atoms with E-state index in [1.54, 1.807) is 0 Å². The third-order valence-corrected chi connectivity index (χ3v) is 2.31. The van der Waals surface area contributed by atoms with Crippen molar-refractivity contribution in [3.05, 3.63) is 0 Å². The molecule has 0 spiro atoms. The van der Waals surface area contributed by atoms with Crippen molar-refractivity contribution in [3.8, 4) is 12.1 Å². The Balaban J connectivity index is 2.49. The maximum Gasteiger partial charge on any atom is 0.0877 e. The third-order valence-electron chi connectivity index (χ3n) is 2.31. The van der Waals surface area contributed by atoms with Crippen LogP contribution in [0.1, 0.15) is 6.92 Å². The molecule has 0 aromatic rings. The van der Waals surface area contributed by atoms with Gasteiger partial charge in [0.15, 0.2) is 0 Å². The molecule has 15 heavy (non-hydrogen) atoms. The quantitative estimate of drug-likeness (QED) is 0.609. The smallest absolute Gasteiger partial charge is 0.0877 e. The summed E-state index contributed by atoms with van der Waals surface area (Å²) in [6, 6.07) is 4.25. The van der Waals surface area contributed by atoms with Gasteiger partial charge in [0.05, 0.1) is 38.0 Å². The first kappa shape index (κ1) is 11.9. The van der Waals surface area contributed by atoms with Crippen LogP contribution in [0.15, 0.2) is 0 Å². The number of ether oxygens (including phenoxy) is 1. The molecule has 5 nitrogen and oxygen atoms in total.